The summed E-state index contributed by atoms with van der Waals surface area (Å²) in [5.74, 6) is -0.564. The minimum absolute atomic E-state index is 0.0344. The van der Waals surface area contributed by atoms with E-state index >= 15 is 0 Å². The van der Waals surface area contributed by atoms with Gasteiger partial charge >= 0.3 is 5.97 Å². The maximum atomic E-state index is 13.1. The number of hydrogen-bond donors (Lipinski definition) is 0. The van der Waals surface area contributed by atoms with Crippen molar-refractivity contribution in [3.05, 3.63) is 72.3 Å². The standard InChI is InChI=1S/C19H21NO4S/c1-4-14-20(25(22,23)16-12-10-15(3)11-13-16)18-9-7-6-8-17(18)19(21)24-5-2/h4,6-13H,1,5,14H2,2-3H3. The Morgan fingerprint density at radius 1 is 1.16 bits per heavy atom. The number of para-hydroxylation sites is 1. The molecule has 2 rings (SSSR count). The van der Waals surface area contributed by atoms with E-state index in [-0.39, 0.29) is 29.3 Å². The molecule has 0 N–H and O–H groups in total. The van der Waals surface area contributed by atoms with Crippen molar-refractivity contribution >= 4 is 21.7 Å². The molecule has 6 heteroatoms. The molecular formula is C19H21NO4S. The third-order valence-corrected chi connectivity index (χ3v) is 5.37. The second kappa shape index (κ2) is 7.98. The van der Waals surface area contributed by atoms with Gasteiger partial charge in [0.25, 0.3) is 10.0 Å². The first-order chi connectivity index (χ1) is 11.9. The molecule has 0 aromatic heterocycles. The molecule has 0 aliphatic heterocycles. The molecule has 0 fully saturated rings. The number of sulfonamides is 1. The lowest BCUT2D eigenvalue weighted by molar-refractivity contribution is 0.0527. The molecule has 0 atom stereocenters. The van der Waals surface area contributed by atoms with Gasteiger partial charge in [-0.05, 0) is 38.1 Å². The highest BCUT2D eigenvalue weighted by atomic mass is 32.2. The second-order valence-electron chi connectivity index (χ2n) is 5.38. The summed E-state index contributed by atoms with van der Waals surface area (Å²) >= 11 is 0. The average molecular weight is 359 g/mol. The predicted octanol–water partition coefficient (Wildman–Crippen LogP) is 3.55. The summed E-state index contributed by atoms with van der Waals surface area (Å²) in [6, 6.07) is 13.0. The minimum atomic E-state index is -3.85. The van der Waals surface area contributed by atoms with Crippen molar-refractivity contribution in [2.75, 3.05) is 17.5 Å². The van der Waals surface area contributed by atoms with E-state index < -0.39 is 16.0 Å². The van der Waals surface area contributed by atoms with E-state index in [0.29, 0.717) is 0 Å². The largest absolute Gasteiger partial charge is 0.462 e. The number of benzene rings is 2. The van der Waals surface area contributed by atoms with E-state index in [1.165, 1.54) is 6.08 Å². The molecule has 0 aliphatic rings. The summed E-state index contributed by atoms with van der Waals surface area (Å²) in [5.41, 5.74) is 1.42. The molecule has 0 amide bonds. The maximum absolute atomic E-state index is 13.1. The summed E-state index contributed by atoms with van der Waals surface area (Å²) in [5, 5.41) is 0. The molecule has 25 heavy (non-hydrogen) atoms. The van der Waals surface area contributed by atoms with Gasteiger partial charge in [-0.1, -0.05) is 35.9 Å². The molecule has 0 saturated heterocycles. The Labute approximate surface area is 148 Å². The summed E-state index contributed by atoms with van der Waals surface area (Å²) < 4.78 is 32.4. The molecule has 5 nitrogen and oxygen atoms in total. The SMILES string of the molecule is C=CCN(c1ccccc1C(=O)OCC)S(=O)(=O)c1ccc(C)cc1. The first-order valence-corrected chi connectivity index (χ1v) is 9.32. The van der Waals surface area contributed by atoms with Gasteiger partial charge in [-0.25, -0.2) is 13.2 Å². The molecule has 0 bridgehead atoms. The van der Waals surface area contributed by atoms with Crippen LogP contribution in [-0.2, 0) is 14.8 Å². The summed E-state index contributed by atoms with van der Waals surface area (Å²) in [7, 11) is -3.85. The molecule has 132 valence electrons. The highest BCUT2D eigenvalue weighted by Gasteiger charge is 2.27. The molecule has 0 heterocycles. The number of anilines is 1. The van der Waals surface area contributed by atoms with Crippen molar-refractivity contribution in [2.24, 2.45) is 0 Å². The van der Waals surface area contributed by atoms with Gasteiger partial charge in [0.2, 0.25) is 0 Å². The molecule has 0 aliphatic carbocycles. The monoisotopic (exact) mass is 359 g/mol. The Morgan fingerprint density at radius 3 is 2.40 bits per heavy atom. The second-order valence-corrected chi connectivity index (χ2v) is 7.24. The number of aryl methyl sites for hydroxylation is 1. The van der Waals surface area contributed by atoms with Crippen LogP contribution in [0.1, 0.15) is 22.8 Å². The van der Waals surface area contributed by atoms with Crippen LogP contribution in [-0.4, -0.2) is 27.5 Å². The molecule has 2 aromatic rings. The van der Waals surface area contributed by atoms with Crippen LogP contribution in [0.5, 0.6) is 0 Å². The van der Waals surface area contributed by atoms with Crippen LogP contribution >= 0.6 is 0 Å². The number of ether oxygens (including phenoxy) is 1. The van der Waals surface area contributed by atoms with Crippen molar-refractivity contribution in [2.45, 2.75) is 18.7 Å². The topological polar surface area (TPSA) is 63.7 Å². The summed E-state index contributed by atoms with van der Waals surface area (Å²) in [6.07, 6.45) is 1.48. The molecule has 0 radical (unpaired) electrons. The number of nitrogens with zero attached hydrogens (tertiary/aromatic N) is 1. The Balaban J connectivity index is 2.57. The van der Waals surface area contributed by atoms with Crippen LogP contribution in [0.25, 0.3) is 0 Å². The van der Waals surface area contributed by atoms with Crippen LogP contribution in [0.2, 0.25) is 0 Å². The van der Waals surface area contributed by atoms with Crippen molar-refractivity contribution in [1.82, 2.24) is 0 Å². The average Bonchev–Trinajstić information content (AvgIpc) is 2.60. The van der Waals surface area contributed by atoms with Crippen molar-refractivity contribution in [3.8, 4) is 0 Å². The fourth-order valence-electron chi connectivity index (χ4n) is 2.35. The first kappa shape index (κ1) is 18.7. The van der Waals surface area contributed by atoms with Gasteiger partial charge in [0.05, 0.1) is 29.3 Å². The number of esters is 1. The van der Waals surface area contributed by atoms with Crippen molar-refractivity contribution < 1.29 is 17.9 Å². The van der Waals surface area contributed by atoms with Gasteiger partial charge in [-0.15, -0.1) is 6.58 Å². The fraction of sp³-hybridized carbons (Fsp3) is 0.211. The zero-order valence-electron chi connectivity index (χ0n) is 14.3. The number of carbonyl (C=O) groups excluding carboxylic acids is 1. The number of hydrogen-bond acceptors (Lipinski definition) is 4. The highest BCUT2D eigenvalue weighted by molar-refractivity contribution is 7.92. The Bertz CT molecular complexity index is 857. The first-order valence-electron chi connectivity index (χ1n) is 7.88. The minimum Gasteiger partial charge on any atom is -0.462 e. The van der Waals surface area contributed by atoms with Gasteiger partial charge in [-0.2, -0.15) is 0 Å². The lowest BCUT2D eigenvalue weighted by atomic mass is 10.2. The fourth-order valence-corrected chi connectivity index (χ4v) is 3.81. The van der Waals surface area contributed by atoms with Crippen molar-refractivity contribution in [3.63, 3.8) is 0 Å². The van der Waals surface area contributed by atoms with Gasteiger partial charge < -0.3 is 4.74 Å². The Morgan fingerprint density at radius 2 is 1.80 bits per heavy atom. The van der Waals surface area contributed by atoms with Gasteiger partial charge in [-0.3, -0.25) is 4.31 Å². The zero-order valence-corrected chi connectivity index (χ0v) is 15.1. The highest BCUT2D eigenvalue weighted by Crippen LogP contribution is 2.28. The Kier molecular flexibility index (Phi) is 5.98. The summed E-state index contributed by atoms with van der Waals surface area (Å²) in [6.45, 7) is 7.46. The smallest absolute Gasteiger partial charge is 0.340 e. The van der Waals surface area contributed by atoms with Crippen LogP contribution in [0.3, 0.4) is 0 Å². The van der Waals surface area contributed by atoms with E-state index in [4.69, 9.17) is 4.74 Å². The van der Waals surface area contributed by atoms with E-state index in [2.05, 4.69) is 6.58 Å². The normalized spacial score (nSPS) is 11.0. The van der Waals surface area contributed by atoms with E-state index in [1.54, 1.807) is 55.5 Å². The van der Waals surface area contributed by atoms with Gasteiger partial charge in [0.1, 0.15) is 0 Å². The molecule has 0 unspecified atom stereocenters. The van der Waals surface area contributed by atoms with Crippen LogP contribution in [0, 0.1) is 6.92 Å². The lowest BCUT2D eigenvalue weighted by Crippen LogP contribution is -2.32. The van der Waals surface area contributed by atoms with E-state index in [1.807, 2.05) is 6.92 Å². The third-order valence-electron chi connectivity index (χ3n) is 3.57. The van der Waals surface area contributed by atoms with Gasteiger partial charge in [0.15, 0.2) is 0 Å². The lowest BCUT2D eigenvalue weighted by Gasteiger charge is -2.25. The number of rotatable bonds is 7. The van der Waals surface area contributed by atoms with E-state index in [0.717, 1.165) is 9.87 Å². The maximum Gasteiger partial charge on any atom is 0.340 e. The Hall–Kier alpha value is -2.60. The van der Waals surface area contributed by atoms with E-state index in [9.17, 15) is 13.2 Å². The molecule has 2 aromatic carbocycles. The van der Waals surface area contributed by atoms with Gasteiger partial charge in [0, 0.05) is 0 Å². The molecule has 0 spiro atoms. The van der Waals surface area contributed by atoms with Crippen LogP contribution in [0.15, 0.2) is 66.1 Å². The van der Waals surface area contributed by atoms with Crippen LogP contribution in [0.4, 0.5) is 5.69 Å². The van der Waals surface area contributed by atoms with Crippen LogP contribution < -0.4 is 4.31 Å². The number of carbonyl (C=O) groups is 1. The summed E-state index contributed by atoms with van der Waals surface area (Å²) in [4.78, 5) is 12.4. The predicted molar refractivity (Wildman–Crippen MR) is 98.3 cm³/mol. The zero-order chi connectivity index (χ0) is 18.4. The quantitative estimate of drug-likeness (QED) is 0.560. The molecular weight excluding hydrogens is 338 g/mol. The van der Waals surface area contributed by atoms with Crippen molar-refractivity contribution in [1.29, 1.82) is 0 Å². The molecule has 0 saturated carbocycles. The third kappa shape index (κ3) is 4.09.